The Kier molecular flexibility index (Phi) is 4.36. The van der Waals surface area contributed by atoms with E-state index in [0.29, 0.717) is 0 Å². The van der Waals surface area contributed by atoms with E-state index < -0.39 is 21.2 Å². The van der Waals surface area contributed by atoms with E-state index in [1.165, 1.54) is 9.34 Å². The smallest absolute Gasteiger partial charge is 0.246 e. The number of rotatable bonds is 2. The van der Waals surface area contributed by atoms with Crippen LogP contribution in [0.15, 0.2) is 13.5 Å². The third-order valence-electron chi connectivity index (χ3n) is 1.69. The molecule has 2 atom stereocenters. The van der Waals surface area contributed by atoms with Crippen LogP contribution < -0.4 is 0 Å². The first kappa shape index (κ1) is 15.1. The Labute approximate surface area is 103 Å². The average Bonchev–Trinajstić information content (AvgIpc) is 1.98. The third kappa shape index (κ3) is 3.08. The molecule has 0 N–H and O–H groups in total. The maximum Gasteiger partial charge on any atom is 0.421 e. The molecule has 12 heteroatoms. The lowest BCUT2D eigenvalue weighted by atomic mass is 11.3. The molecule has 0 aromatic rings. The number of nitrogens with zero attached hydrogens (tertiary/aromatic N) is 5. The number of hydrogen-bond acceptors (Lipinski definition) is 5. The Hall–Kier alpha value is 1.05. The summed E-state index contributed by atoms with van der Waals surface area (Å²) in [5.74, 6) is 0. The molecule has 0 fully saturated rings. The zero-order valence-corrected chi connectivity index (χ0v) is 13.3. The van der Waals surface area contributed by atoms with Gasteiger partial charge in [0.15, 0.2) is 0 Å². The van der Waals surface area contributed by atoms with E-state index in [0.717, 1.165) is 0 Å². The van der Waals surface area contributed by atoms with Gasteiger partial charge in [0, 0.05) is 0 Å². The van der Waals surface area contributed by atoms with Crippen LogP contribution in [0.25, 0.3) is 0 Å². The molecule has 0 amide bonds. The molecule has 0 saturated heterocycles. The van der Waals surface area contributed by atoms with Crippen LogP contribution in [0.1, 0.15) is 0 Å². The van der Waals surface area contributed by atoms with E-state index in [4.69, 9.17) is 22.5 Å². The van der Waals surface area contributed by atoms with Gasteiger partial charge in [-0.2, -0.15) is 13.5 Å². The van der Waals surface area contributed by atoms with Crippen molar-refractivity contribution in [1.29, 1.82) is 0 Å². The molecule has 0 aromatic heterocycles. The quantitative estimate of drug-likeness (QED) is 0.637. The molecule has 1 aliphatic heterocycles. The average molecular weight is 332 g/mol. The summed E-state index contributed by atoms with van der Waals surface area (Å²) in [5, 5.41) is 0. The van der Waals surface area contributed by atoms with Crippen molar-refractivity contribution < 1.29 is 8.39 Å². The van der Waals surface area contributed by atoms with Gasteiger partial charge in [0.05, 0.1) is 0 Å². The van der Waals surface area contributed by atoms with Gasteiger partial charge in [0.1, 0.15) is 0 Å². The highest BCUT2D eigenvalue weighted by molar-refractivity contribution is 8.02. The second kappa shape index (κ2) is 4.62. The van der Waals surface area contributed by atoms with Crippen LogP contribution in [0, 0.1) is 0 Å². The summed E-state index contributed by atoms with van der Waals surface area (Å²) < 4.78 is 40.3. The molecule has 0 spiro atoms. The van der Waals surface area contributed by atoms with Crippen molar-refractivity contribution in [3.05, 3.63) is 0 Å². The monoisotopic (exact) mass is 331 g/mol. The molecular weight excluding hydrogens is 320 g/mol. The summed E-state index contributed by atoms with van der Waals surface area (Å²) in [6, 6.07) is 0. The summed E-state index contributed by atoms with van der Waals surface area (Å²) in [6.45, 7) is -6.19. The largest absolute Gasteiger partial charge is 0.421 e. The van der Waals surface area contributed by atoms with Gasteiger partial charge in [-0.3, -0.25) is 0 Å². The van der Waals surface area contributed by atoms with E-state index in [1.54, 1.807) is 28.2 Å². The lowest BCUT2D eigenvalue weighted by Crippen LogP contribution is -2.07. The fraction of sp³-hybridized carbons (Fsp3) is 1.00. The highest BCUT2D eigenvalue weighted by atomic mass is 35.7. The normalized spacial score (nSPS) is 37.9. The predicted octanol–water partition coefficient (Wildman–Crippen LogP) is 5.38. The van der Waals surface area contributed by atoms with Crippen molar-refractivity contribution in [2.24, 2.45) is 13.5 Å². The van der Waals surface area contributed by atoms with Crippen LogP contribution in [-0.4, -0.2) is 37.5 Å². The lowest BCUT2D eigenvalue weighted by molar-refractivity contribution is 0.661. The Bertz CT molecular complexity index is 441. The topological polar surface area (TPSA) is 43.6 Å². The second-order valence-electron chi connectivity index (χ2n) is 3.41. The summed E-state index contributed by atoms with van der Waals surface area (Å²) in [5.41, 5.74) is 0. The predicted molar refractivity (Wildman–Crippen MR) is 69.3 cm³/mol. The molecule has 0 aliphatic carbocycles. The SMILES string of the molecule is CN(C)[P@]1(Cl)=N[P@](Cl)(N(C)C)=NP(F)(F)=N1. The van der Waals surface area contributed by atoms with Crippen molar-refractivity contribution in [1.82, 2.24) is 9.34 Å². The summed E-state index contributed by atoms with van der Waals surface area (Å²) >= 11 is 12.1. The summed E-state index contributed by atoms with van der Waals surface area (Å²) in [4.78, 5) is 0. The minimum Gasteiger partial charge on any atom is -0.246 e. The molecule has 0 unspecified atom stereocenters. The highest BCUT2D eigenvalue weighted by Crippen LogP contribution is 2.83. The molecule has 96 valence electrons. The van der Waals surface area contributed by atoms with Crippen molar-refractivity contribution in [3.63, 3.8) is 0 Å². The van der Waals surface area contributed by atoms with Crippen LogP contribution in [0.4, 0.5) is 8.39 Å². The van der Waals surface area contributed by atoms with E-state index in [-0.39, 0.29) is 0 Å². The molecule has 1 heterocycles. The molecule has 0 aromatic carbocycles. The van der Waals surface area contributed by atoms with Crippen molar-refractivity contribution in [3.8, 4) is 0 Å². The van der Waals surface area contributed by atoms with Gasteiger partial charge in [-0.25, -0.2) is 9.34 Å². The minimum atomic E-state index is -4.78. The fourth-order valence-electron chi connectivity index (χ4n) is 0.792. The van der Waals surface area contributed by atoms with E-state index in [2.05, 4.69) is 13.5 Å². The van der Waals surface area contributed by atoms with Gasteiger partial charge in [0.2, 0.25) is 13.4 Å². The van der Waals surface area contributed by atoms with Gasteiger partial charge >= 0.3 is 7.83 Å². The standard InChI is InChI=1S/C4H12Cl2F2N5P3/c1-12(2)14(5)9-15(6,13(3)4)11-16(7,8)10-14/h1-4H3/t14-,15+. The second-order valence-corrected chi connectivity index (χ2v) is 12.8. The summed E-state index contributed by atoms with van der Waals surface area (Å²) in [7, 11) is 1.43. The fourth-order valence-corrected chi connectivity index (χ4v) is 11.6. The van der Waals surface area contributed by atoms with Crippen LogP contribution in [-0.2, 0) is 0 Å². The molecular formula is C4H12Cl2F2N5P3. The van der Waals surface area contributed by atoms with Crippen molar-refractivity contribution in [2.45, 2.75) is 0 Å². The molecule has 16 heavy (non-hydrogen) atoms. The summed E-state index contributed by atoms with van der Waals surface area (Å²) in [6.07, 6.45) is 0. The van der Waals surface area contributed by atoms with Crippen LogP contribution in [0.3, 0.4) is 0 Å². The first-order chi connectivity index (χ1) is 7.01. The zero-order chi connectivity index (χ0) is 12.8. The van der Waals surface area contributed by atoms with Crippen molar-refractivity contribution >= 4 is 43.7 Å². The van der Waals surface area contributed by atoms with E-state index in [9.17, 15) is 8.39 Å². The van der Waals surface area contributed by atoms with Gasteiger partial charge in [-0.1, -0.05) is 0 Å². The Morgan fingerprint density at radius 1 is 0.812 bits per heavy atom. The molecule has 1 aliphatic rings. The Balaban J connectivity index is 3.56. The van der Waals surface area contributed by atoms with E-state index in [1.807, 2.05) is 0 Å². The van der Waals surface area contributed by atoms with Crippen LogP contribution >= 0.6 is 43.7 Å². The Morgan fingerprint density at radius 3 is 1.56 bits per heavy atom. The highest BCUT2D eigenvalue weighted by Gasteiger charge is 2.38. The van der Waals surface area contributed by atoms with Gasteiger partial charge in [0.25, 0.3) is 0 Å². The van der Waals surface area contributed by atoms with E-state index >= 15 is 0 Å². The zero-order valence-electron chi connectivity index (χ0n) is 9.09. The number of halogens is 4. The maximum absolute atomic E-state index is 13.5. The third-order valence-corrected chi connectivity index (χ3v) is 13.3. The molecule has 5 nitrogen and oxygen atoms in total. The van der Waals surface area contributed by atoms with Crippen LogP contribution in [0.2, 0.25) is 0 Å². The van der Waals surface area contributed by atoms with Gasteiger partial charge in [-0.05, 0) is 50.7 Å². The van der Waals surface area contributed by atoms with Crippen molar-refractivity contribution in [2.75, 3.05) is 28.2 Å². The first-order valence-electron chi connectivity index (χ1n) is 4.06. The molecule has 0 saturated carbocycles. The lowest BCUT2D eigenvalue weighted by Gasteiger charge is -2.29. The minimum absolute atomic E-state index is 1.39. The number of hydrogen-bond donors (Lipinski definition) is 0. The van der Waals surface area contributed by atoms with Gasteiger partial charge in [-0.15, -0.1) is 8.39 Å². The van der Waals surface area contributed by atoms with Gasteiger partial charge < -0.3 is 0 Å². The Morgan fingerprint density at radius 2 is 1.19 bits per heavy atom. The molecule has 0 bridgehead atoms. The maximum atomic E-state index is 13.5. The first-order valence-corrected chi connectivity index (χ1v) is 10.6. The molecule has 1 rings (SSSR count). The van der Waals surface area contributed by atoms with Crippen LogP contribution in [0.5, 0.6) is 0 Å². The molecule has 0 radical (unpaired) electrons.